The summed E-state index contributed by atoms with van der Waals surface area (Å²) in [5, 5.41) is 17.8. The first-order valence-electron chi connectivity index (χ1n) is 5.31. The van der Waals surface area contributed by atoms with Crippen LogP contribution in [0.2, 0.25) is 0 Å². The molecule has 0 amide bonds. The van der Waals surface area contributed by atoms with E-state index in [9.17, 15) is 18.0 Å². The molecule has 19 heavy (non-hydrogen) atoms. The van der Waals surface area contributed by atoms with Crippen molar-refractivity contribution in [3.8, 4) is 0 Å². The maximum atomic E-state index is 12.3. The summed E-state index contributed by atoms with van der Waals surface area (Å²) >= 11 is 0. The van der Waals surface area contributed by atoms with Gasteiger partial charge in [-0.1, -0.05) is 0 Å². The van der Waals surface area contributed by atoms with Crippen LogP contribution in [0.25, 0.3) is 0 Å². The SMILES string of the molecule is CC(CCC(=O)O)(C(=O)O)S(=O)(=O)c1ccncc1. The third-order valence-electron chi connectivity index (χ3n) is 2.82. The highest BCUT2D eigenvalue weighted by Crippen LogP contribution is 2.30. The molecule has 1 aromatic heterocycles. The van der Waals surface area contributed by atoms with Crippen molar-refractivity contribution in [1.82, 2.24) is 4.98 Å². The molecule has 2 N–H and O–H groups in total. The lowest BCUT2D eigenvalue weighted by atomic mass is 10.1. The number of sulfone groups is 1. The molecular weight excluding hydrogens is 274 g/mol. The second-order valence-electron chi connectivity index (χ2n) is 4.12. The van der Waals surface area contributed by atoms with E-state index < -0.39 is 39.4 Å². The molecule has 7 nitrogen and oxygen atoms in total. The molecule has 1 atom stereocenters. The fraction of sp³-hybridized carbons (Fsp3) is 0.364. The molecule has 0 spiro atoms. The van der Waals surface area contributed by atoms with Crippen LogP contribution >= 0.6 is 0 Å². The normalized spacial score (nSPS) is 14.6. The largest absolute Gasteiger partial charge is 0.481 e. The molecule has 0 bridgehead atoms. The lowest BCUT2D eigenvalue weighted by Gasteiger charge is -2.24. The first kappa shape index (κ1) is 15.1. The van der Waals surface area contributed by atoms with Gasteiger partial charge in [0.05, 0.1) is 4.90 Å². The van der Waals surface area contributed by atoms with Gasteiger partial charge in [-0.2, -0.15) is 0 Å². The van der Waals surface area contributed by atoms with Crippen molar-refractivity contribution in [3.05, 3.63) is 24.5 Å². The molecule has 1 rings (SSSR count). The molecule has 8 heteroatoms. The molecule has 0 saturated heterocycles. The Kier molecular flexibility index (Phi) is 4.25. The van der Waals surface area contributed by atoms with Gasteiger partial charge >= 0.3 is 11.9 Å². The third-order valence-corrected chi connectivity index (χ3v) is 5.28. The Morgan fingerprint density at radius 2 is 1.79 bits per heavy atom. The molecular formula is C11H13NO6S. The number of nitrogens with zero attached hydrogens (tertiary/aromatic N) is 1. The van der Waals surface area contributed by atoms with Crippen LogP contribution in [0.3, 0.4) is 0 Å². The van der Waals surface area contributed by atoms with Crippen LogP contribution < -0.4 is 0 Å². The van der Waals surface area contributed by atoms with E-state index in [2.05, 4.69) is 4.98 Å². The highest BCUT2D eigenvalue weighted by atomic mass is 32.2. The molecule has 0 radical (unpaired) electrons. The van der Waals surface area contributed by atoms with Crippen molar-refractivity contribution in [2.75, 3.05) is 0 Å². The predicted octanol–water partition coefficient (Wildman–Crippen LogP) is 0.563. The summed E-state index contributed by atoms with van der Waals surface area (Å²) in [5.41, 5.74) is 0. The van der Waals surface area contributed by atoms with E-state index in [1.54, 1.807) is 0 Å². The van der Waals surface area contributed by atoms with Crippen molar-refractivity contribution >= 4 is 21.8 Å². The predicted molar refractivity (Wildman–Crippen MR) is 64.3 cm³/mol. The van der Waals surface area contributed by atoms with Crippen LogP contribution in [0.1, 0.15) is 19.8 Å². The summed E-state index contributed by atoms with van der Waals surface area (Å²) in [5.74, 6) is -2.83. The maximum absolute atomic E-state index is 12.3. The number of aromatic nitrogens is 1. The maximum Gasteiger partial charge on any atom is 0.325 e. The highest BCUT2D eigenvalue weighted by Gasteiger charge is 2.47. The Morgan fingerprint density at radius 1 is 1.26 bits per heavy atom. The van der Waals surface area contributed by atoms with E-state index in [-0.39, 0.29) is 4.90 Å². The van der Waals surface area contributed by atoms with Crippen molar-refractivity contribution < 1.29 is 28.2 Å². The van der Waals surface area contributed by atoms with Crippen molar-refractivity contribution in [2.45, 2.75) is 29.4 Å². The van der Waals surface area contributed by atoms with Gasteiger partial charge in [0.1, 0.15) is 0 Å². The minimum atomic E-state index is -4.20. The molecule has 1 unspecified atom stereocenters. The van der Waals surface area contributed by atoms with Crippen molar-refractivity contribution in [2.24, 2.45) is 0 Å². The number of hydrogen-bond donors (Lipinski definition) is 2. The summed E-state index contributed by atoms with van der Waals surface area (Å²) in [6.07, 6.45) is 1.40. The van der Waals surface area contributed by atoms with Crippen LogP contribution in [0, 0.1) is 0 Å². The third kappa shape index (κ3) is 2.90. The van der Waals surface area contributed by atoms with Gasteiger partial charge in [0.2, 0.25) is 0 Å². The van der Waals surface area contributed by atoms with E-state index in [1.165, 1.54) is 24.5 Å². The number of carboxylic acid groups (broad SMARTS) is 2. The molecule has 0 aliphatic heterocycles. The van der Waals surface area contributed by atoms with Gasteiger partial charge in [-0.3, -0.25) is 14.6 Å². The molecule has 0 saturated carbocycles. The number of carbonyl (C=O) groups is 2. The Bertz CT molecular complexity index is 582. The molecule has 0 fully saturated rings. The quantitative estimate of drug-likeness (QED) is 0.784. The fourth-order valence-corrected chi connectivity index (χ4v) is 3.08. The van der Waals surface area contributed by atoms with Gasteiger partial charge in [-0.15, -0.1) is 0 Å². The number of aliphatic carboxylic acids is 2. The molecule has 1 heterocycles. The summed E-state index contributed by atoms with van der Waals surface area (Å²) in [7, 11) is -4.20. The van der Waals surface area contributed by atoms with Gasteiger partial charge in [-0.25, -0.2) is 8.42 Å². The van der Waals surface area contributed by atoms with Crippen molar-refractivity contribution in [3.63, 3.8) is 0 Å². The average molecular weight is 287 g/mol. The fourth-order valence-electron chi connectivity index (χ4n) is 1.48. The minimum Gasteiger partial charge on any atom is -0.481 e. The summed E-state index contributed by atoms with van der Waals surface area (Å²) in [6, 6.07) is 2.36. The van der Waals surface area contributed by atoms with E-state index in [0.29, 0.717) is 0 Å². The Labute approximate surface area is 109 Å². The van der Waals surface area contributed by atoms with Gasteiger partial charge in [0.15, 0.2) is 14.6 Å². The molecule has 0 aliphatic rings. The molecule has 1 aromatic rings. The average Bonchev–Trinajstić information content (AvgIpc) is 2.36. The minimum absolute atomic E-state index is 0.196. The van der Waals surface area contributed by atoms with Gasteiger partial charge < -0.3 is 10.2 Å². The topological polar surface area (TPSA) is 122 Å². The molecule has 0 aromatic carbocycles. The zero-order valence-corrected chi connectivity index (χ0v) is 10.9. The standard InChI is InChI=1S/C11H13NO6S/c1-11(10(15)16,5-2-9(13)14)19(17,18)8-3-6-12-7-4-8/h3-4,6-7H,2,5H2,1H3,(H,13,14)(H,15,16). The van der Waals surface area contributed by atoms with E-state index in [1.807, 2.05) is 0 Å². The highest BCUT2D eigenvalue weighted by molar-refractivity contribution is 7.93. The monoisotopic (exact) mass is 287 g/mol. The smallest absolute Gasteiger partial charge is 0.325 e. The van der Waals surface area contributed by atoms with Gasteiger partial charge in [0.25, 0.3) is 0 Å². The Balaban J connectivity index is 3.26. The zero-order chi connectivity index (χ0) is 14.7. The van der Waals surface area contributed by atoms with Crippen LogP contribution in [0.15, 0.2) is 29.4 Å². The number of rotatable bonds is 6. The van der Waals surface area contributed by atoms with Crippen LogP contribution in [0.4, 0.5) is 0 Å². The number of hydrogen-bond acceptors (Lipinski definition) is 5. The van der Waals surface area contributed by atoms with E-state index in [4.69, 9.17) is 10.2 Å². The number of pyridine rings is 1. The Hall–Kier alpha value is -1.96. The van der Waals surface area contributed by atoms with Gasteiger partial charge in [0, 0.05) is 18.8 Å². The van der Waals surface area contributed by atoms with E-state index >= 15 is 0 Å². The van der Waals surface area contributed by atoms with Crippen LogP contribution in [0.5, 0.6) is 0 Å². The van der Waals surface area contributed by atoms with Crippen molar-refractivity contribution in [1.29, 1.82) is 0 Å². The second kappa shape index (κ2) is 5.35. The Morgan fingerprint density at radius 3 is 2.21 bits per heavy atom. The second-order valence-corrected chi connectivity index (χ2v) is 6.50. The summed E-state index contributed by atoms with van der Waals surface area (Å²) in [4.78, 5) is 25.3. The number of carboxylic acids is 2. The summed E-state index contributed by atoms with van der Waals surface area (Å²) < 4.78 is 22.4. The summed E-state index contributed by atoms with van der Waals surface area (Å²) in [6.45, 7) is 1.01. The molecule has 0 aliphatic carbocycles. The first-order chi connectivity index (χ1) is 8.72. The molecule has 104 valence electrons. The lowest BCUT2D eigenvalue weighted by Crippen LogP contribution is -2.44. The van der Waals surface area contributed by atoms with Gasteiger partial charge in [-0.05, 0) is 25.5 Å². The van der Waals surface area contributed by atoms with Crippen LogP contribution in [-0.2, 0) is 19.4 Å². The zero-order valence-electron chi connectivity index (χ0n) is 10.1. The van der Waals surface area contributed by atoms with Crippen LogP contribution in [-0.4, -0.2) is 40.3 Å². The van der Waals surface area contributed by atoms with E-state index in [0.717, 1.165) is 6.92 Å². The first-order valence-corrected chi connectivity index (χ1v) is 6.80. The lowest BCUT2D eigenvalue weighted by molar-refractivity contribution is -0.140.